The van der Waals surface area contributed by atoms with Gasteiger partial charge < -0.3 is 15.0 Å². The number of methoxy groups -OCH3 is 1. The number of hydrogen-bond donors (Lipinski definition) is 1. The number of nitrogens with zero attached hydrogens (tertiary/aromatic N) is 2. The Morgan fingerprint density at radius 3 is 3.13 bits per heavy atom. The molecule has 3 rings (SSSR count). The Balaban J connectivity index is 1.58. The Morgan fingerprint density at radius 1 is 1.39 bits per heavy atom. The van der Waals surface area contributed by atoms with E-state index in [0.29, 0.717) is 0 Å². The highest BCUT2D eigenvalue weighted by Crippen LogP contribution is 2.27. The van der Waals surface area contributed by atoms with Crippen LogP contribution in [0.3, 0.4) is 0 Å². The van der Waals surface area contributed by atoms with Crippen molar-refractivity contribution in [3.63, 3.8) is 0 Å². The van der Waals surface area contributed by atoms with Gasteiger partial charge in [-0.2, -0.15) is 0 Å². The summed E-state index contributed by atoms with van der Waals surface area (Å²) in [5.74, 6) is 1.72. The van der Waals surface area contributed by atoms with Gasteiger partial charge in [-0.3, -0.25) is 4.98 Å². The van der Waals surface area contributed by atoms with Gasteiger partial charge in [0.2, 0.25) is 0 Å². The van der Waals surface area contributed by atoms with Crippen LogP contribution in [0.5, 0.6) is 5.75 Å². The second-order valence-electron chi connectivity index (χ2n) is 6.58. The van der Waals surface area contributed by atoms with Gasteiger partial charge in [-0.25, -0.2) is 0 Å². The summed E-state index contributed by atoms with van der Waals surface area (Å²) in [6.45, 7) is 7.01. The molecule has 2 heterocycles. The summed E-state index contributed by atoms with van der Waals surface area (Å²) in [5.41, 5.74) is 2.08. The van der Waals surface area contributed by atoms with Gasteiger partial charge in [0.05, 0.1) is 18.3 Å². The third-order valence-corrected chi connectivity index (χ3v) is 4.62. The summed E-state index contributed by atoms with van der Waals surface area (Å²) in [4.78, 5) is 7.10. The molecule has 4 heteroatoms. The van der Waals surface area contributed by atoms with E-state index < -0.39 is 0 Å². The van der Waals surface area contributed by atoms with Crippen molar-refractivity contribution in [2.45, 2.75) is 26.2 Å². The van der Waals surface area contributed by atoms with Crippen LogP contribution in [0.4, 0.5) is 5.69 Å². The third-order valence-electron chi connectivity index (χ3n) is 4.62. The van der Waals surface area contributed by atoms with Crippen molar-refractivity contribution in [2.75, 3.05) is 38.6 Å². The van der Waals surface area contributed by atoms with Crippen molar-refractivity contribution in [3.05, 3.63) is 30.5 Å². The zero-order valence-corrected chi connectivity index (χ0v) is 14.2. The SMILES string of the molecule is COc1cc(NCCCN2CCCC(C)C2)c2ncccc2c1. The highest BCUT2D eigenvalue weighted by molar-refractivity contribution is 5.91. The van der Waals surface area contributed by atoms with Crippen LogP contribution in [0, 0.1) is 5.92 Å². The molecule has 23 heavy (non-hydrogen) atoms. The number of anilines is 1. The molecule has 124 valence electrons. The van der Waals surface area contributed by atoms with Crippen LogP contribution >= 0.6 is 0 Å². The second kappa shape index (κ2) is 7.64. The minimum absolute atomic E-state index is 0.850. The molecule has 0 spiro atoms. The summed E-state index contributed by atoms with van der Waals surface area (Å²) in [5, 5.41) is 4.65. The summed E-state index contributed by atoms with van der Waals surface area (Å²) >= 11 is 0. The molecule has 0 radical (unpaired) electrons. The lowest BCUT2D eigenvalue weighted by molar-refractivity contribution is 0.183. The van der Waals surface area contributed by atoms with Crippen molar-refractivity contribution < 1.29 is 4.74 Å². The molecule has 0 aliphatic carbocycles. The standard InChI is InChI=1S/C19H27N3O/c1-15-6-4-10-22(14-15)11-5-9-20-18-13-17(23-2)12-16-7-3-8-21-19(16)18/h3,7-8,12-13,15,20H,4-6,9-11,14H2,1-2H3. The second-order valence-corrected chi connectivity index (χ2v) is 6.58. The first-order valence-corrected chi connectivity index (χ1v) is 8.65. The van der Waals surface area contributed by atoms with Gasteiger partial charge in [-0.1, -0.05) is 13.0 Å². The topological polar surface area (TPSA) is 37.4 Å². The molecule has 1 N–H and O–H groups in total. The van der Waals surface area contributed by atoms with E-state index in [0.717, 1.165) is 41.2 Å². The molecular weight excluding hydrogens is 286 g/mol. The van der Waals surface area contributed by atoms with Gasteiger partial charge in [-0.05, 0) is 50.4 Å². The van der Waals surface area contributed by atoms with Crippen LogP contribution < -0.4 is 10.1 Å². The van der Waals surface area contributed by atoms with E-state index in [1.54, 1.807) is 7.11 Å². The summed E-state index contributed by atoms with van der Waals surface area (Å²) in [6, 6.07) is 8.11. The molecule has 1 saturated heterocycles. The van der Waals surface area contributed by atoms with Crippen molar-refractivity contribution in [1.82, 2.24) is 9.88 Å². The molecule has 0 saturated carbocycles. The van der Waals surface area contributed by atoms with E-state index in [1.807, 2.05) is 24.4 Å². The Bertz CT molecular complexity index is 644. The highest BCUT2D eigenvalue weighted by Gasteiger charge is 2.15. The predicted molar refractivity (Wildman–Crippen MR) is 96.2 cm³/mol. The quantitative estimate of drug-likeness (QED) is 0.824. The lowest BCUT2D eigenvalue weighted by atomic mass is 10.0. The Hall–Kier alpha value is -1.81. The summed E-state index contributed by atoms with van der Waals surface area (Å²) < 4.78 is 5.40. The first-order chi connectivity index (χ1) is 11.3. The number of likely N-dealkylation sites (tertiary alicyclic amines) is 1. The van der Waals surface area contributed by atoms with E-state index in [1.165, 1.54) is 32.5 Å². The largest absolute Gasteiger partial charge is 0.497 e. The number of ether oxygens (including phenoxy) is 1. The first kappa shape index (κ1) is 16.1. The fraction of sp³-hybridized carbons (Fsp3) is 0.526. The maximum absolute atomic E-state index is 5.40. The van der Waals surface area contributed by atoms with Gasteiger partial charge in [0.15, 0.2) is 0 Å². The Morgan fingerprint density at radius 2 is 2.30 bits per heavy atom. The van der Waals surface area contributed by atoms with Gasteiger partial charge in [0.25, 0.3) is 0 Å². The van der Waals surface area contributed by atoms with Crippen molar-refractivity contribution in [2.24, 2.45) is 5.92 Å². The number of fused-ring (bicyclic) bond motifs is 1. The normalized spacial score (nSPS) is 19.0. The smallest absolute Gasteiger partial charge is 0.121 e. The van der Waals surface area contributed by atoms with E-state index in [2.05, 4.69) is 28.2 Å². The van der Waals surface area contributed by atoms with Gasteiger partial charge in [0, 0.05) is 30.7 Å². The van der Waals surface area contributed by atoms with Crippen molar-refractivity contribution >= 4 is 16.6 Å². The maximum Gasteiger partial charge on any atom is 0.121 e. The molecule has 1 aliphatic rings. The fourth-order valence-electron chi connectivity index (χ4n) is 3.43. The number of aromatic nitrogens is 1. The van der Waals surface area contributed by atoms with Crippen LogP contribution in [-0.4, -0.2) is 43.2 Å². The lowest BCUT2D eigenvalue weighted by Crippen LogP contribution is -2.35. The Kier molecular flexibility index (Phi) is 5.34. The fourth-order valence-corrected chi connectivity index (χ4v) is 3.43. The number of pyridine rings is 1. The number of rotatable bonds is 6. The van der Waals surface area contributed by atoms with Crippen molar-refractivity contribution in [3.8, 4) is 5.75 Å². The predicted octanol–water partition coefficient (Wildman–Crippen LogP) is 3.78. The van der Waals surface area contributed by atoms with E-state index in [9.17, 15) is 0 Å². The monoisotopic (exact) mass is 313 g/mol. The van der Waals surface area contributed by atoms with E-state index in [-0.39, 0.29) is 0 Å². The minimum Gasteiger partial charge on any atom is -0.497 e. The number of hydrogen-bond acceptors (Lipinski definition) is 4. The maximum atomic E-state index is 5.40. The molecule has 4 nitrogen and oxygen atoms in total. The number of piperidine rings is 1. The van der Waals surface area contributed by atoms with Gasteiger partial charge >= 0.3 is 0 Å². The molecule has 1 aromatic heterocycles. The van der Waals surface area contributed by atoms with E-state index >= 15 is 0 Å². The molecule has 1 fully saturated rings. The lowest BCUT2D eigenvalue weighted by Gasteiger charge is -2.30. The number of nitrogens with one attached hydrogen (secondary N) is 1. The molecule has 2 aromatic rings. The molecule has 1 aromatic carbocycles. The van der Waals surface area contributed by atoms with Gasteiger partial charge in [-0.15, -0.1) is 0 Å². The van der Waals surface area contributed by atoms with Gasteiger partial charge in [0.1, 0.15) is 5.75 Å². The molecule has 0 amide bonds. The Labute approximate surface area is 138 Å². The molecule has 1 atom stereocenters. The molecule has 1 aliphatic heterocycles. The zero-order chi connectivity index (χ0) is 16.1. The molecule has 1 unspecified atom stereocenters. The number of benzene rings is 1. The molecular formula is C19H27N3O. The first-order valence-electron chi connectivity index (χ1n) is 8.65. The van der Waals surface area contributed by atoms with Crippen LogP contribution in [-0.2, 0) is 0 Å². The third kappa shape index (κ3) is 4.14. The van der Waals surface area contributed by atoms with Crippen LogP contribution in [0.25, 0.3) is 10.9 Å². The van der Waals surface area contributed by atoms with Crippen LogP contribution in [0.2, 0.25) is 0 Å². The van der Waals surface area contributed by atoms with E-state index in [4.69, 9.17) is 4.74 Å². The highest BCUT2D eigenvalue weighted by atomic mass is 16.5. The van der Waals surface area contributed by atoms with Crippen molar-refractivity contribution in [1.29, 1.82) is 0 Å². The average Bonchev–Trinajstić information content (AvgIpc) is 2.58. The summed E-state index contributed by atoms with van der Waals surface area (Å²) in [7, 11) is 1.71. The van der Waals surface area contributed by atoms with Crippen LogP contribution in [0.1, 0.15) is 26.2 Å². The zero-order valence-electron chi connectivity index (χ0n) is 14.2. The molecule has 0 bridgehead atoms. The van der Waals surface area contributed by atoms with Crippen LogP contribution in [0.15, 0.2) is 30.5 Å². The minimum atomic E-state index is 0.850. The average molecular weight is 313 g/mol. The summed E-state index contributed by atoms with van der Waals surface area (Å²) in [6.07, 6.45) is 5.72.